The molecule has 0 saturated heterocycles. The molecule has 1 aromatic carbocycles. The van der Waals surface area contributed by atoms with Crippen molar-refractivity contribution in [3.8, 4) is 11.4 Å². The van der Waals surface area contributed by atoms with Crippen LogP contribution in [0.1, 0.15) is 30.1 Å². The van der Waals surface area contributed by atoms with Crippen LogP contribution in [0.15, 0.2) is 30.6 Å². The quantitative estimate of drug-likeness (QED) is 0.842. The molecule has 0 radical (unpaired) electrons. The molecule has 1 unspecified atom stereocenters. The molecule has 1 aromatic heterocycles. The molecule has 0 aliphatic rings. The summed E-state index contributed by atoms with van der Waals surface area (Å²) in [5, 5.41) is 15.8. The van der Waals surface area contributed by atoms with Crippen LogP contribution in [-0.2, 0) is 11.8 Å². The van der Waals surface area contributed by atoms with Crippen LogP contribution in [0.5, 0.6) is 0 Å². The molecule has 0 spiro atoms. The van der Waals surface area contributed by atoms with Gasteiger partial charge < -0.3 is 10.4 Å². The molecule has 2 aromatic rings. The van der Waals surface area contributed by atoms with Crippen molar-refractivity contribution in [3.63, 3.8) is 0 Å². The van der Waals surface area contributed by atoms with Gasteiger partial charge in [0.2, 0.25) is 0 Å². The van der Waals surface area contributed by atoms with E-state index in [2.05, 4.69) is 15.4 Å². The van der Waals surface area contributed by atoms with Crippen LogP contribution >= 0.6 is 0 Å². The maximum absolute atomic E-state index is 12.1. The highest BCUT2D eigenvalue weighted by atomic mass is 16.4. The van der Waals surface area contributed by atoms with Crippen molar-refractivity contribution in [2.24, 2.45) is 7.05 Å². The van der Waals surface area contributed by atoms with E-state index in [4.69, 9.17) is 5.11 Å². The van der Waals surface area contributed by atoms with Crippen LogP contribution in [0.25, 0.3) is 11.4 Å². The van der Waals surface area contributed by atoms with Gasteiger partial charge in [0, 0.05) is 18.2 Å². The fourth-order valence-corrected chi connectivity index (χ4v) is 2.03. The number of benzene rings is 1. The third-order valence-electron chi connectivity index (χ3n) is 3.19. The van der Waals surface area contributed by atoms with E-state index in [9.17, 15) is 9.59 Å². The first-order chi connectivity index (χ1) is 10.5. The summed E-state index contributed by atoms with van der Waals surface area (Å²) in [6.45, 7) is 1.87. The molecular weight excluding hydrogens is 284 g/mol. The van der Waals surface area contributed by atoms with Gasteiger partial charge in [0.1, 0.15) is 12.4 Å². The van der Waals surface area contributed by atoms with Gasteiger partial charge in [-0.1, -0.05) is 25.5 Å². The van der Waals surface area contributed by atoms with Crippen molar-refractivity contribution in [1.82, 2.24) is 20.1 Å². The van der Waals surface area contributed by atoms with Gasteiger partial charge in [0.25, 0.3) is 5.91 Å². The van der Waals surface area contributed by atoms with Crippen molar-refractivity contribution in [1.29, 1.82) is 0 Å². The number of carboxylic acid groups (broad SMARTS) is 1. The Bertz CT molecular complexity index is 664. The second-order valence-corrected chi connectivity index (χ2v) is 4.97. The summed E-state index contributed by atoms with van der Waals surface area (Å²) in [4.78, 5) is 27.3. The van der Waals surface area contributed by atoms with Gasteiger partial charge in [-0.05, 0) is 18.6 Å². The molecule has 116 valence electrons. The number of hydrogen-bond donors (Lipinski definition) is 2. The Morgan fingerprint density at radius 1 is 1.32 bits per heavy atom. The minimum absolute atomic E-state index is 0.400. The van der Waals surface area contributed by atoms with Gasteiger partial charge in [-0.2, -0.15) is 5.10 Å². The van der Waals surface area contributed by atoms with Gasteiger partial charge in [0.05, 0.1) is 0 Å². The average Bonchev–Trinajstić information content (AvgIpc) is 2.93. The summed E-state index contributed by atoms with van der Waals surface area (Å²) >= 11 is 0. The number of amides is 1. The lowest BCUT2D eigenvalue weighted by atomic mass is 10.1. The Labute approximate surface area is 128 Å². The molecule has 0 fully saturated rings. The molecule has 22 heavy (non-hydrogen) atoms. The standard InChI is InChI=1S/C15H18N4O3/c1-3-4-12(15(21)22)17-14(20)11-7-5-10(6-8-11)13-16-9-19(2)18-13/h5-9,12H,3-4H2,1-2H3,(H,17,20)(H,21,22). The van der Waals surface area contributed by atoms with E-state index in [1.165, 1.54) is 0 Å². The number of carbonyl (C=O) groups is 2. The molecule has 0 aliphatic carbocycles. The van der Waals surface area contributed by atoms with Crippen molar-refractivity contribution in [2.45, 2.75) is 25.8 Å². The van der Waals surface area contributed by atoms with Crippen LogP contribution in [0.4, 0.5) is 0 Å². The number of rotatable bonds is 6. The van der Waals surface area contributed by atoms with Crippen LogP contribution in [0.2, 0.25) is 0 Å². The van der Waals surface area contributed by atoms with Gasteiger partial charge in [0.15, 0.2) is 5.82 Å². The highest BCUT2D eigenvalue weighted by Crippen LogP contribution is 2.15. The topological polar surface area (TPSA) is 97.1 Å². The van der Waals surface area contributed by atoms with Gasteiger partial charge in [-0.3, -0.25) is 9.48 Å². The first-order valence-electron chi connectivity index (χ1n) is 7.01. The Balaban J connectivity index is 2.09. The molecule has 0 saturated carbocycles. The molecule has 2 rings (SSSR count). The highest BCUT2D eigenvalue weighted by molar-refractivity contribution is 5.96. The minimum Gasteiger partial charge on any atom is -0.480 e. The summed E-state index contributed by atoms with van der Waals surface area (Å²) in [6, 6.07) is 5.87. The van der Waals surface area contributed by atoms with E-state index in [0.29, 0.717) is 24.2 Å². The monoisotopic (exact) mass is 302 g/mol. The largest absolute Gasteiger partial charge is 0.480 e. The number of nitrogens with one attached hydrogen (secondary N) is 1. The summed E-state index contributed by atoms with van der Waals surface area (Å²) < 4.78 is 1.60. The second-order valence-electron chi connectivity index (χ2n) is 4.97. The molecule has 1 amide bonds. The first-order valence-corrected chi connectivity index (χ1v) is 7.01. The molecule has 0 bridgehead atoms. The predicted octanol–water partition coefficient (Wildman–Crippen LogP) is 1.47. The van der Waals surface area contributed by atoms with E-state index in [-0.39, 0.29) is 0 Å². The lowest BCUT2D eigenvalue weighted by Crippen LogP contribution is -2.40. The maximum atomic E-state index is 12.1. The number of hydrogen-bond acceptors (Lipinski definition) is 4. The van der Waals surface area contributed by atoms with E-state index >= 15 is 0 Å². The van der Waals surface area contributed by atoms with Crippen molar-refractivity contribution in [2.75, 3.05) is 0 Å². The molecular formula is C15H18N4O3. The molecule has 1 heterocycles. The third kappa shape index (κ3) is 3.69. The number of aliphatic carboxylic acids is 1. The molecule has 7 nitrogen and oxygen atoms in total. The summed E-state index contributed by atoms with van der Waals surface area (Å²) in [5.74, 6) is -0.852. The number of aromatic nitrogens is 3. The summed E-state index contributed by atoms with van der Waals surface area (Å²) in [5.41, 5.74) is 1.20. The minimum atomic E-state index is -1.02. The van der Waals surface area contributed by atoms with Crippen molar-refractivity contribution >= 4 is 11.9 Å². The average molecular weight is 302 g/mol. The zero-order valence-electron chi connectivity index (χ0n) is 12.5. The third-order valence-corrected chi connectivity index (χ3v) is 3.19. The summed E-state index contributed by atoms with van der Waals surface area (Å²) in [7, 11) is 1.78. The molecule has 1 atom stereocenters. The molecule has 2 N–H and O–H groups in total. The van der Waals surface area contributed by atoms with Gasteiger partial charge >= 0.3 is 5.97 Å². The fraction of sp³-hybridized carbons (Fsp3) is 0.333. The SMILES string of the molecule is CCCC(NC(=O)c1ccc(-c2ncn(C)n2)cc1)C(=O)O. The predicted molar refractivity (Wildman–Crippen MR) is 80.2 cm³/mol. The van der Waals surface area contributed by atoms with E-state index in [1.807, 2.05) is 6.92 Å². The van der Waals surface area contributed by atoms with E-state index < -0.39 is 17.9 Å². The van der Waals surface area contributed by atoms with Crippen molar-refractivity contribution < 1.29 is 14.7 Å². The highest BCUT2D eigenvalue weighted by Gasteiger charge is 2.19. The van der Waals surface area contributed by atoms with Gasteiger partial charge in [-0.15, -0.1) is 0 Å². The fourth-order valence-electron chi connectivity index (χ4n) is 2.03. The Morgan fingerprint density at radius 2 is 2.00 bits per heavy atom. The smallest absolute Gasteiger partial charge is 0.326 e. The van der Waals surface area contributed by atoms with Crippen LogP contribution in [0.3, 0.4) is 0 Å². The van der Waals surface area contributed by atoms with Crippen LogP contribution < -0.4 is 5.32 Å². The zero-order chi connectivity index (χ0) is 16.1. The van der Waals surface area contributed by atoms with Gasteiger partial charge in [-0.25, -0.2) is 9.78 Å². The Morgan fingerprint density at radius 3 is 2.50 bits per heavy atom. The molecule has 7 heteroatoms. The van der Waals surface area contributed by atoms with E-state index in [0.717, 1.165) is 5.56 Å². The lowest BCUT2D eigenvalue weighted by Gasteiger charge is -2.13. The first kappa shape index (κ1) is 15.7. The number of aryl methyl sites for hydroxylation is 1. The maximum Gasteiger partial charge on any atom is 0.326 e. The second kappa shape index (κ2) is 6.84. The number of nitrogens with zero attached hydrogens (tertiary/aromatic N) is 3. The van der Waals surface area contributed by atoms with Crippen LogP contribution in [-0.4, -0.2) is 37.8 Å². The summed E-state index contributed by atoms with van der Waals surface area (Å²) in [6.07, 6.45) is 2.68. The normalized spacial score (nSPS) is 11.9. The number of carboxylic acids is 1. The van der Waals surface area contributed by atoms with E-state index in [1.54, 1.807) is 42.3 Å². The number of carbonyl (C=O) groups excluding carboxylic acids is 1. The van der Waals surface area contributed by atoms with Crippen molar-refractivity contribution in [3.05, 3.63) is 36.2 Å². The molecule has 0 aliphatic heterocycles. The lowest BCUT2D eigenvalue weighted by molar-refractivity contribution is -0.139. The zero-order valence-corrected chi connectivity index (χ0v) is 12.5. The Kier molecular flexibility index (Phi) is 4.88. The Hall–Kier alpha value is -2.70. The van der Waals surface area contributed by atoms with Crippen LogP contribution in [0, 0.1) is 0 Å².